The van der Waals surface area contributed by atoms with Crippen molar-refractivity contribution in [3.63, 3.8) is 0 Å². The zero-order chi connectivity index (χ0) is 13.9. The van der Waals surface area contributed by atoms with Gasteiger partial charge >= 0.3 is 0 Å². The summed E-state index contributed by atoms with van der Waals surface area (Å²) in [6.07, 6.45) is 2.76. The second kappa shape index (κ2) is 5.33. The van der Waals surface area contributed by atoms with Gasteiger partial charge in [-0.3, -0.25) is 0 Å². The Morgan fingerprint density at radius 2 is 2.21 bits per heavy atom. The van der Waals surface area contributed by atoms with Crippen LogP contribution in [0.1, 0.15) is 12.7 Å². The number of rotatable bonds is 5. The fourth-order valence-corrected chi connectivity index (χ4v) is 2.40. The molecule has 2 aromatic rings. The summed E-state index contributed by atoms with van der Waals surface area (Å²) in [6, 6.07) is 2.83. The van der Waals surface area contributed by atoms with Gasteiger partial charge in [-0.1, -0.05) is 0 Å². The molecule has 0 fully saturated rings. The van der Waals surface area contributed by atoms with Crippen LogP contribution in [-0.4, -0.2) is 28.2 Å². The Labute approximate surface area is 110 Å². The number of nitrogens with zero attached hydrogens (tertiary/aromatic N) is 4. The molecule has 0 bridgehead atoms. The Kier molecular flexibility index (Phi) is 3.76. The van der Waals surface area contributed by atoms with E-state index in [4.69, 9.17) is 5.73 Å². The predicted molar refractivity (Wildman–Crippen MR) is 68.4 cm³/mol. The minimum absolute atomic E-state index is 0.0595. The molecule has 8 nitrogen and oxygen atoms in total. The Balaban J connectivity index is 2.12. The van der Waals surface area contributed by atoms with E-state index in [0.717, 1.165) is 0 Å². The first-order chi connectivity index (χ1) is 9.03. The molecule has 2 heterocycles. The third kappa shape index (κ3) is 3.06. The van der Waals surface area contributed by atoms with E-state index in [-0.39, 0.29) is 17.3 Å². The minimum atomic E-state index is -3.63. The molecule has 2 rings (SSSR count). The van der Waals surface area contributed by atoms with Crippen LogP contribution in [-0.2, 0) is 23.1 Å². The fourth-order valence-electron chi connectivity index (χ4n) is 1.47. The van der Waals surface area contributed by atoms with E-state index in [1.165, 1.54) is 18.3 Å². The zero-order valence-corrected chi connectivity index (χ0v) is 11.1. The summed E-state index contributed by atoms with van der Waals surface area (Å²) >= 11 is 0. The smallest absolute Gasteiger partial charge is 0.242 e. The van der Waals surface area contributed by atoms with Gasteiger partial charge in [0.25, 0.3) is 0 Å². The van der Waals surface area contributed by atoms with Crippen molar-refractivity contribution in [2.75, 3.05) is 5.73 Å². The van der Waals surface area contributed by atoms with Crippen molar-refractivity contribution < 1.29 is 8.42 Å². The van der Waals surface area contributed by atoms with Crippen LogP contribution in [0.3, 0.4) is 0 Å². The van der Waals surface area contributed by atoms with Gasteiger partial charge in [-0.2, -0.15) is 0 Å². The third-order valence-electron chi connectivity index (χ3n) is 2.53. The van der Waals surface area contributed by atoms with Gasteiger partial charge in [-0.25, -0.2) is 18.1 Å². The first kappa shape index (κ1) is 13.4. The van der Waals surface area contributed by atoms with Crippen molar-refractivity contribution in [1.29, 1.82) is 0 Å². The number of hydrogen-bond donors (Lipinski definition) is 2. The molecule has 0 saturated heterocycles. The molecule has 102 valence electrons. The van der Waals surface area contributed by atoms with E-state index in [0.29, 0.717) is 12.4 Å². The monoisotopic (exact) mass is 282 g/mol. The molecule has 2 aromatic heterocycles. The molecule has 0 aliphatic heterocycles. The van der Waals surface area contributed by atoms with Crippen molar-refractivity contribution in [3.05, 3.63) is 30.5 Å². The SMILES string of the molecule is CCn1cnnc1CNS(=O)(=O)c1ccc(N)nc1. The molecule has 0 amide bonds. The van der Waals surface area contributed by atoms with E-state index < -0.39 is 10.0 Å². The Hall–Kier alpha value is -2.00. The molecule has 0 radical (unpaired) electrons. The van der Waals surface area contributed by atoms with Gasteiger partial charge in [0.1, 0.15) is 22.9 Å². The Morgan fingerprint density at radius 1 is 1.42 bits per heavy atom. The maximum atomic E-state index is 12.0. The molecule has 0 aromatic carbocycles. The number of nitrogens with one attached hydrogen (secondary N) is 1. The maximum absolute atomic E-state index is 12.0. The highest BCUT2D eigenvalue weighted by Crippen LogP contribution is 2.09. The molecule has 0 spiro atoms. The van der Waals surface area contributed by atoms with Crippen LogP contribution in [0.15, 0.2) is 29.6 Å². The highest BCUT2D eigenvalue weighted by atomic mass is 32.2. The molecule has 0 aliphatic carbocycles. The van der Waals surface area contributed by atoms with E-state index in [1.807, 2.05) is 6.92 Å². The van der Waals surface area contributed by atoms with Crippen LogP contribution in [0.25, 0.3) is 0 Å². The quantitative estimate of drug-likeness (QED) is 0.781. The molecule has 3 N–H and O–H groups in total. The number of pyridine rings is 1. The van der Waals surface area contributed by atoms with Crippen LogP contribution in [0, 0.1) is 0 Å². The molecule has 9 heteroatoms. The standard InChI is InChI=1S/C10H14N6O2S/c1-2-16-7-13-15-10(16)6-14-19(17,18)8-3-4-9(11)12-5-8/h3-5,7,14H,2,6H2,1H3,(H2,11,12). The van der Waals surface area contributed by atoms with Crippen LogP contribution >= 0.6 is 0 Å². The molecule has 0 saturated carbocycles. The summed E-state index contributed by atoms with van der Waals surface area (Å²) in [7, 11) is -3.63. The topological polar surface area (TPSA) is 116 Å². The molecule has 19 heavy (non-hydrogen) atoms. The second-order valence-corrected chi connectivity index (χ2v) is 5.54. The maximum Gasteiger partial charge on any atom is 0.242 e. The number of aromatic nitrogens is 4. The molecular weight excluding hydrogens is 268 g/mol. The van der Waals surface area contributed by atoms with Crippen LogP contribution in [0.2, 0.25) is 0 Å². The first-order valence-electron chi connectivity index (χ1n) is 5.61. The fraction of sp³-hybridized carbons (Fsp3) is 0.300. The number of aryl methyl sites for hydroxylation is 1. The number of anilines is 1. The van der Waals surface area contributed by atoms with E-state index in [1.54, 1.807) is 10.9 Å². The van der Waals surface area contributed by atoms with Gasteiger partial charge in [0.05, 0.1) is 6.54 Å². The van der Waals surface area contributed by atoms with Crippen molar-refractivity contribution >= 4 is 15.8 Å². The minimum Gasteiger partial charge on any atom is -0.384 e. The van der Waals surface area contributed by atoms with E-state index in [2.05, 4.69) is 19.9 Å². The highest BCUT2D eigenvalue weighted by molar-refractivity contribution is 7.89. The summed E-state index contributed by atoms with van der Waals surface area (Å²) in [5.74, 6) is 0.819. The van der Waals surface area contributed by atoms with Crippen molar-refractivity contribution in [1.82, 2.24) is 24.5 Å². The van der Waals surface area contributed by atoms with Gasteiger partial charge in [0.15, 0.2) is 0 Å². The number of nitrogens with two attached hydrogens (primary N) is 1. The average molecular weight is 282 g/mol. The van der Waals surface area contributed by atoms with Gasteiger partial charge in [0.2, 0.25) is 10.0 Å². The molecule has 0 aliphatic rings. The van der Waals surface area contributed by atoms with Gasteiger partial charge in [0, 0.05) is 12.7 Å². The van der Waals surface area contributed by atoms with E-state index in [9.17, 15) is 8.42 Å². The van der Waals surface area contributed by atoms with Gasteiger partial charge in [-0.15, -0.1) is 10.2 Å². The lowest BCUT2D eigenvalue weighted by Gasteiger charge is -2.07. The number of hydrogen-bond acceptors (Lipinski definition) is 6. The van der Waals surface area contributed by atoms with Crippen LogP contribution in [0.4, 0.5) is 5.82 Å². The van der Waals surface area contributed by atoms with Gasteiger partial charge < -0.3 is 10.3 Å². The van der Waals surface area contributed by atoms with E-state index >= 15 is 0 Å². The lowest BCUT2D eigenvalue weighted by atomic mass is 10.5. The van der Waals surface area contributed by atoms with Crippen LogP contribution in [0.5, 0.6) is 0 Å². The van der Waals surface area contributed by atoms with Crippen LogP contribution < -0.4 is 10.5 Å². The summed E-state index contributed by atoms with van der Waals surface area (Å²) in [5.41, 5.74) is 5.41. The number of nitrogen functional groups attached to an aromatic ring is 1. The largest absolute Gasteiger partial charge is 0.384 e. The highest BCUT2D eigenvalue weighted by Gasteiger charge is 2.15. The summed E-state index contributed by atoms with van der Waals surface area (Å²) < 4.78 is 28.2. The Bertz CT molecular complexity index is 649. The van der Waals surface area contributed by atoms with Crippen molar-refractivity contribution in [2.24, 2.45) is 0 Å². The predicted octanol–water partition coefficient (Wildman–Crippen LogP) is -0.246. The summed E-state index contributed by atoms with van der Waals surface area (Å²) in [5, 5.41) is 7.58. The summed E-state index contributed by atoms with van der Waals surface area (Å²) in [4.78, 5) is 3.81. The first-order valence-corrected chi connectivity index (χ1v) is 7.09. The Morgan fingerprint density at radius 3 is 2.84 bits per heavy atom. The molecule has 0 unspecified atom stereocenters. The number of sulfonamides is 1. The lowest BCUT2D eigenvalue weighted by Crippen LogP contribution is -2.25. The lowest BCUT2D eigenvalue weighted by molar-refractivity contribution is 0.575. The van der Waals surface area contributed by atoms with Crippen molar-refractivity contribution in [2.45, 2.75) is 24.9 Å². The zero-order valence-electron chi connectivity index (χ0n) is 10.3. The van der Waals surface area contributed by atoms with Gasteiger partial charge in [-0.05, 0) is 19.1 Å². The normalized spacial score (nSPS) is 11.6. The van der Waals surface area contributed by atoms with Crippen molar-refractivity contribution in [3.8, 4) is 0 Å². The summed E-state index contributed by atoms with van der Waals surface area (Å²) in [6.45, 7) is 2.67. The second-order valence-electron chi connectivity index (χ2n) is 3.78. The third-order valence-corrected chi connectivity index (χ3v) is 3.91. The average Bonchev–Trinajstić information content (AvgIpc) is 2.84. The molecule has 0 atom stereocenters. The molecular formula is C10H14N6O2S.